The Morgan fingerprint density at radius 3 is 3.04 bits per heavy atom. The second kappa shape index (κ2) is 5.49. The van der Waals surface area contributed by atoms with E-state index >= 15 is 0 Å². The third-order valence-corrected chi connectivity index (χ3v) is 4.33. The first-order valence-corrected chi connectivity index (χ1v) is 7.85. The number of aryl methyl sites for hydroxylation is 1. The van der Waals surface area contributed by atoms with Gasteiger partial charge in [0.1, 0.15) is 11.6 Å². The summed E-state index contributed by atoms with van der Waals surface area (Å²) in [5.74, 6) is 2.24. The van der Waals surface area contributed by atoms with Crippen LogP contribution in [-0.2, 0) is 0 Å². The number of nitrogens with zero attached hydrogens (tertiary/aromatic N) is 5. The molecule has 0 aromatic carbocycles. The quantitative estimate of drug-likeness (QED) is 0.781. The summed E-state index contributed by atoms with van der Waals surface area (Å²) in [5.41, 5.74) is 0.834. The highest BCUT2D eigenvalue weighted by Crippen LogP contribution is 2.32. The molecule has 1 N–H and O–H groups in total. The van der Waals surface area contributed by atoms with Gasteiger partial charge in [-0.15, -0.1) is 0 Å². The summed E-state index contributed by atoms with van der Waals surface area (Å²) in [5, 5.41) is 0. The van der Waals surface area contributed by atoms with E-state index in [0.717, 1.165) is 43.1 Å². The monoisotopic (exact) mass is 310 g/mol. The van der Waals surface area contributed by atoms with Gasteiger partial charge in [0.05, 0.1) is 6.04 Å². The maximum Gasteiger partial charge on any atom is 0.259 e. The van der Waals surface area contributed by atoms with E-state index in [2.05, 4.69) is 24.8 Å². The first-order chi connectivity index (χ1) is 11.2. The summed E-state index contributed by atoms with van der Waals surface area (Å²) in [6.45, 7) is 2.81. The fourth-order valence-corrected chi connectivity index (χ4v) is 3.25. The number of imidazole rings is 1. The Balaban J connectivity index is 1.78. The van der Waals surface area contributed by atoms with Gasteiger partial charge in [-0.2, -0.15) is 0 Å². The van der Waals surface area contributed by atoms with Gasteiger partial charge in [-0.3, -0.25) is 9.20 Å². The molecule has 7 nitrogen and oxygen atoms in total. The zero-order valence-electron chi connectivity index (χ0n) is 12.9. The molecule has 7 heteroatoms. The molecule has 3 aromatic rings. The van der Waals surface area contributed by atoms with Crippen LogP contribution in [0.2, 0.25) is 0 Å². The van der Waals surface area contributed by atoms with E-state index in [9.17, 15) is 4.79 Å². The molecule has 1 aliphatic heterocycles. The largest absolute Gasteiger partial charge is 0.348 e. The maximum atomic E-state index is 12.3. The van der Waals surface area contributed by atoms with Crippen LogP contribution in [0.3, 0.4) is 0 Å². The third-order valence-electron chi connectivity index (χ3n) is 4.33. The molecule has 0 spiro atoms. The molecule has 0 unspecified atom stereocenters. The van der Waals surface area contributed by atoms with E-state index in [1.807, 2.05) is 13.0 Å². The maximum absolute atomic E-state index is 12.3. The lowest BCUT2D eigenvalue weighted by Crippen LogP contribution is -2.35. The van der Waals surface area contributed by atoms with Gasteiger partial charge in [0.15, 0.2) is 0 Å². The van der Waals surface area contributed by atoms with E-state index in [1.54, 1.807) is 24.7 Å². The minimum absolute atomic E-state index is 0.0596. The van der Waals surface area contributed by atoms with Crippen molar-refractivity contribution in [2.24, 2.45) is 0 Å². The fourth-order valence-electron chi connectivity index (χ4n) is 3.25. The Labute approximate surface area is 133 Å². The van der Waals surface area contributed by atoms with E-state index in [4.69, 9.17) is 0 Å². The van der Waals surface area contributed by atoms with E-state index < -0.39 is 0 Å². The van der Waals surface area contributed by atoms with Gasteiger partial charge >= 0.3 is 0 Å². The normalized spacial score (nSPS) is 18.5. The third kappa shape index (κ3) is 2.48. The molecule has 1 atom stereocenters. The molecular formula is C16H18N6O. The fraction of sp³-hybridized carbons (Fsp3) is 0.375. The second-order valence-electron chi connectivity index (χ2n) is 5.85. The Kier molecular flexibility index (Phi) is 3.33. The highest BCUT2D eigenvalue weighted by Gasteiger charge is 2.26. The molecule has 1 saturated heterocycles. The Bertz CT molecular complexity index is 899. The predicted molar refractivity (Wildman–Crippen MR) is 86.5 cm³/mol. The van der Waals surface area contributed by atoms with E-state index in [-0.39, 0.29) is 11.6 Å². The Hall–Kier alpha value is -2.70. The number of aromatic nitrogens is 5. The van der Waals surface area contributed by atoms with Crippen molar-refractivity contribution in [2.45, 2.75) is 32.2 Å². The second-order valence-corrected chi connectivity index (χ2v) is 5.85. The van der Waals surface area contributed by atoms with E-state index in [0.29, 0.717) is 5.78 Å². The SMILES string of the molecule is Cc1nccc(N2CCCC[C@H]2c2cc(=O)n3ccnc3[nH]2)n1. The molecule has 3 aromatic heterocycles. The molecule has 0 radical (unpaired) electrons. The lowest BCUT2D eigenvalue weighted by atomic mass is 9.99. The topological polar surface area (TPSA) is 79.2 Å². The van der Waals surface area contributed by atoms with Gasteiger partial charge in [-0.1, -0.05) is 0 Å². The van der Waals surface area contributed by atoms with Crippen molar-refractivity contribution in [3.8, 4) is 0 Å². The van der Waals surface area contributed by atoms with Gasteiger partial charge in [0.2, 0.25) is 5.78 Å². The summed E-state index contributed by atoms with van der Waals surface area (Å²) in [7, 11) is 0. The number of hydrogen-bond acceptors (Lipinski definition) is 5. The number of aromatic amines is 1. The van der Waals surface area contributed by atoms with Gasteiger partial charge < -0.3 is 9.88 Å². The average Bonchev–Trinajstić information content (AvgIpc) is 3.04. The van der Waals surface area contributed by atoms with Crippen molar-refractivity contribution >= 4 is 11.6 Å². The van der Waals surface area contributed by atoms with Crippen LogP contribution in [0.1, 0.15) is 36.8 Å². The van der Waals surface area contributed by atoms with Crippen molar-refractivity contribution in [3.05, 3.63) is 52.6 Å². The molecule has 0 saturated carbocycles. The summed E-state index contributed by atoms with van der Waals surface area (Å²) in [6.07, 6.45) is 8.32. The molecule has 118 valence electrons. The molecular weight excluding hydrogens is 292 g/mol. The summed E-state index contributed by atoms with van der Waals surface area (Å²) in [4.78, 5) is 30.7. The minimum atomic E-state index is -0.0596. The molecule has 23 heavy (non-hydrogen) atoms. The van der Waals surface area contributed by atoms with Crippen LogP contribution in [0.5, 0.6) is 0 Å². The highest BCUT2D eigenvalue weighted by molar-refractivity contribution is 5.42. The van der Waals surface area contributed by atoms with Gasteiger partial charge in [0.25, 0.3) is 5.56 Å². The number of rotatable bonds is 2. The first-order valence-electron chi connectivity index (χ1n) is 7.85. The molecule has 0 bridgehead atoms. The average molecular weight is 310 g/mol. The standard InChI is InChI=1S/C16H18N6O/c1-11-17-6-5-14(19-11)21-8-3-2-4-13(21)12-10-15(23)22-9-7-18-16(22)20-12/h5-7,9-10,13H,2-4,8H2,1H3,(H,18,20)/t13-/m0/s1. The lowest BCUT2D eigenvalue weighted by Gasteiger charge is -2.36. The smallest absolute Gasteiger partial charge is 0.259 e. The van der Waals surface area contributed by atoms with Crippen molar-refractivity contribution in [3.63, 3.8) is 0 Å². The van der Waals surface area contributed by atoms with Gasteiger partial charge in [-0.25, -0.2) is 15.0 Å². The van der Waals surface area contributed by atoms with Crippen LogP contribution in [-0.4, -0.2) is 30.9 Å². The Morgan fingerprint density at radius 1 is 1.26 bits per heavy atom. The van der Waals surface area contributed by atoms with Crippen LogP contribution in [0.15, 0.2) is 35.5 Å². The predicted octanol–water partition coefficient (Wildman–Crippen LogP) is 1.85. The van der Waals surface area contributed by atoms with E-state index in [1.165, 1.54) is 4.40 Å². The van der Waals surface area contributed by atoms with Gasteiger partial charge in [-0.05, 0) is 32.3 Å². The highest BCUT2D eigenvalue weighted by atomic mass is 16.1. The van der Waals surface area contributed by atoms with Crippen molar-refractivity contribution in [2.75, 3.05) is 11.4 Å². The summed E-state index contributed by atoms with van der Waals surface area (Å²) >= 11 is 0. The zero-order chi connectivity index (χ0) is 15.8. The zero-order valence-corrected chi connectivity index (χ0v) is 12.9. The van der Waals surface area contributed by atoms with Gasteiger partial charge in [0, 0.05) is 36.9 Å². The number of piperidine rings is 1. The van der Waals surface area contributed by atoms with Crippen LogP contribution < -0.4 is 10.5 Å². The molecule has 4 rings (SSSR count). The molecule has 1 fully saturated rings. The van der Waals surface area contributed by atoms with Crippen molar-refractivity contribution in [1.82, 2.24) is 24.3 Å². The molecule has 0 aliphatic carbocycles. The van der Waals surface area contributed by atoms with Crippen LogP contribution >= 0.6 is 0 Å². The Morgan fingerprint density at radius 2 is 2.17 bits per heavy atom. The number of nitrogens with one attached hydrogen (secondary N) is 1. The molecule has 0 amide bonds. The number of anilines is 1. The van der Waals surface area contributed by atoms with Crippen molar-refractivity contribution in [1.29, 1.82) is 0 Å². The lowest BCUT2D eigenvalue weighted by molar-refractivity contribution is 0.461. The van der Waals surface area contributed by atoms with Crippen LogP contribution in [0, 0.1) is 6.92 Å². The number of hydrogen-bond donors (Lipinski definition) is 1. The summed E-state index contributed by atoms with van der Waals surface area (Å²) in [6, 6.07) is 3.70. The number of H-pyrrole nitrogens is 1. The minimum Gasteiger partial charge on any atom is -0.348 e. The number of fused-ring (bicyclic) bond motifs is 1. The molecule has 4 heterocycles. The first kappa shape index (κ1) is 13.9. The van der Waals surface area contributed by atoms with Crippen molar-refractivity contribution < 1.29 is 0 Å². The summed E-state index contributed by atoms with van der Waals surface area (Å²) < 4.78 is 1.52. The van der Waals surface area contributed by atoms with Crippen LogP contribution in [0.25, 0.3) is 5.78 Å². The molecule has 1 aliphatic rings. The van der Waals surface area contributed by atoms with Crippen LogP contribution in [0.4, 0.5) is 5.82 Å².